The van der Waals surface area contributed by atoms with Gasteiger partial charge < -0.3 is 20.6 Å². The third kappa shape index (κ3) is 5.07. The lowest BCUT2D eigenvalue weighted by Crippen LogP contribution is -2.41. The number of hydrogen-bond donors (Lipinski definition) is 3. The molecule has 2 amide bonds. The molecule has 0 radical (unpaired) electrons. The van der Waals surface area contributed by atoms with Gasteiger partial charge in [-0.05, 0) is 39.0 Å². The van der Waals surface area contributed by atoms with E-state index in [-0.39, 0.29) is 11.9 Å². The fraction of sp³-hybridized carbons (Fsp3) is 0.467. The van der Waals surface area contributed by atoms with Gasteiger partial charge in [0.15, 0.2) is 0 Å². The Morgan fingerprint density at radius 2 is 1.86 bits per heavy atom. The van der Waals surface area contributed by atoms with Crippen LogP contribution in [0.4, 0.5) is 11.4 Å². The van der Waals surface area contributed by atoms with Gasteiger partial charge in [-0.15, -0.1) is 0 Å². The van der Waals surface area contributed by atoms with Crippen molar-refractivity contribution in [2.45, 2.75) is 26.8 Å². The molecule has 6 heteroatoms. The van der Waals surface area contributed by atoms with Crippen molar-refractivity contribution < 1.29 is 14.7 Å². The predicted molar refractivity (Wildman–Crippen MR) is 83.2 cm³/mol. The fourth-order valence-electron chi connectivity index (χ4n) is 2.01. The molecule has 0 spiro atoms. The van der Waals surface area contributed by atoms with Crippen molar-refractivity contribution >= 4 is 23.2 Å². The average Bonchev–Trinajstić information content (AvgIpc) is 2.48. The summed E-state index contributed by atoms with van der Waals surface area (Å²) in [7, 11) is 0. The molecule has 1 atom stereocenters. The summed E-state index contributed by atoms with van der Waals surface area (Å²) >= 11 is 0. The maximum absolute atomic E-state index is 12.2. The lowest BCUT2D eigenvalue weighted by molar-refractivity contribution is -0.131. The summed E-state index contributed by atoms with van der Waals surface area (Å²) in [5.41, 5.74) is 1.31. The maximum Gasteiger partial charge on any atom is 0.250 e. The van der Waals surface area contributed by atoms with Crippen LogP contribution in [0.2, 0.25) is 0 Å². The summed E-state index contributed by atoms with van der Waals surface area (Å²) < 4.78 is 0. The summed E-state index contributed by atoms with van der Waals surface area (Å²) in [4.78, 5) is 25.1. The van der Waals surface area contributed by atoms with Crippen LogP contribution in [0.5, 0.6) is 0 Å². The average molecular weight is 293 g/mol. The first-order valence-corrected chi connectivity index (χ1v) is 7.07. The molecule has 21 heavy (non-hydrogen) atoms. The quantitative estimate of drug-likeness (QED) is 0.707. The molecule has 1 aromatic rings. The van der Waals surface area contributed by atoms with Crippen LogP contribution < -0.4 is 10.6 Å². The second-order valence-corrected chi connectivity index (χ2v) is 4.66. The zero-order valence-corrected chi connectivity index (χ0v) is 12.7. The van der Waals surface area contributed by atoms with Crippen molar-refractivity contribution in [1.82, 2.24) is 4.90 Å². The predicted octanol–water partition coefficient (Wildman–Crippen LogP) is 1.29. The Balaban J connectivity index is 2.72. The number of nitrogens with zero attached hydrogens (tertiary/aromatic N) is 1. The number of carbonyl (C=O) groups excluding carboxylic acids is 2. The van der Waals surface area contributed by atoms with Crippen LogP contribution >= 0.6 is 0 Å². The van der Waals surface area contributed by atoms with Crippen LogP contribution in [-0.4, -0.2) is 47.6 Å². The molecule has 1 unspecified atom stereocenters. The Morgan fingerprint density at radius 3 is 2.43 bits per heavy atom. The molecule has 116 valence electrons. The van der Waals surface area contributed by atoms with Gasteiger partial charge in [0, 0.05) is 24.5 Å². The lowest BCUT2D eigenvalue weighted by atomic mass is 10.2. The van der Waals surface area contributed by atoms with E-state index in [1.165, 1.54) is 0 Å². The van der Waals surface area contributed by atoms with Crippen LogP contribution in [0.15, 0.2) is 24.3 Å². The number of likely N-dealkylation sites (N-methyl/N-ethyl adjacent to an activating group) is 1. The van der Waals surface area contributed by atoms with Crippen molar-refractivity contribution in [3.63, 3.8) is 0 Å². The first-order chi connectivity index (χ1) is 10.0. The normalized spacial score (nSPS) is 11.6. The molecule has 0 bridgehead atoms. The van der Waals surface area contributed by atoms with Crippen molar-refractivity contribution in [1.29, 1.82) is 0 Å². The molecule has 1 aromatic carbocycles. The van der Waals surface area contributed by atoms with Crippen LogP contribution in [0.25, 0.3) is 0 Å². The van der Waals surface area contributed by atoms with E-state index in [2.05, 4.69) is 10.6 Å². The van der Waals surface area contributed by atoms with E-state index < -0.39 is 12.5 Å². The zero-order valence-electron chi connectivity index (χ0n) is 12.7. The van der Waals surface area contributed by atoms with Gasteiger partial charge in [-0.3, -0.25) is 9.59 Å². The van der Waals surface area contributed by atoms with E-state index >= 15 is 0 Å². The lowest BCUT2D eigenvalue weighted by Gasteiger charge is -2.24. The highest BCUT2D eigenvalue weighted by Gasteiger charge is 2.17. The molecule has 3 N–H and O–H groups in total. The zero-order chi connectivity index (χ0) is 15.8. The van der Waals surface area contributed by atoms with E-state index in [0.717, 1.165) is 5.69 Å². The Morgan fingerprint density at radius 1 is 1.24 bits per heavy atom. The molecule has 0 aromatic heterocycles. The number of benzene rings is 1. The Hall–Kier alpha value is -2.08. The highest BCUT2D eigenvalue weighted by Crippen LogP contribution is 2.16. The largest absolute Gasteiger partial charge is 0.387 e. The number of aliphatic hydroxyl groups excluding tert-OH is 1. The topological polar surface area (TPSA) is 81.7 Å². The van der Waals surface area contributed by atoms with Crippen molar-refractivity contribution in [3.05, 3.63) is 24.3 Å². The number of carbonyl (C=O) groups is 2. The summed E-state index contributed by atoms with van der Waals surface area (Å²) in [6.45, 7) is 6.48. The third-order valence-electron chi connectivity index (χ3n) is 3.12. The van der Waals surface area contributed by atoms with Gasteiger partial charge in [-0.1, -0.05) is 6.07 Å². The number of anilines is 2. The van der Waals surface area contributed by atoms with Crippen LogP contribution in [0.3, 0.4) is 0 Å². The molecule has 6 nitrogen and oxygen atoms in total. The summed E-state index contributed by atoms with van der Waals surface area (Å²) in [5, 5.41) is 14.4. The van der Waals surface area contributed by atoms with Gasteiger partial charge in [-0.25, -0.2) is 0 Å². The maximum atomic E-state index is 12.2. The van der Waals surface area contributed by atoms with Gasteiger partial charge in [-0.2, -0.15) is 0 Å². The minimum absolute atomic E-state index is 0.0322. The molecule has 1 rings (SSSR count). The van der Waals surface area contributed by atoms with E-state index in [1.807, 2.05) is 19.9 Å². The van der Waals surface area contributed by atoms with Gasteiger partial charge >= 0.3 is 0 Å². The van der Waals surface area contributed by atoms with Gasteiger partial charge in [0.1, 0.15) is 12.6 Å². The molecular weight excluding hydrogens is 270 g/mol. The van der Waals surface area contributed by atoms with E-state index in [0.29, 0.717) is 18.8 Å². The number of hydrogen-bond acceptors (Lipinski definition) is 4. The second-order valence-electron chi connectivity index (χ2n) is 4.66. The second kappa shape index (κ2) is 8.26. The Bertz CT molecular complexity index is 487. The molecule has 0 aliphatic rings. The van der Waals surface area contributed by atoms with Crippen molar-refractivity contribution in [2.75, 3.05) is 30.3 Å². The standard InChI is InChI=1S/C15H23N3O3/c1-4-18(5-2)15(21)11(3)16-12-7-6-8-13(9-12)17-14(20)10-19/h6-9,11,16,19H,4-5,10H2,1-3H3,(H,17,20). The van der Waals surface area contributed by atoms with E-state index in [4.69, 9.17) is 5.11 Å². The van der Waals surface area contributed by atoms with Gasteiger partial charge in [0.05, 0.1) is 0 Å². The van der Waals surface area contributed by atoms with Gasteiger partial charge in [0.25, 0.3) is 0 Å². The minimum atomic E-state index is -0.561. The van der Waals surface area contributed by atoms with Crippen molar-refractivity contribution in [2.24, 2.45) is 0 Å². The molecule has 0 aliphatic carbocycles. The van der Waals surface area contributed by atoms with Crippen LogP contribution in [0.1, 0.15) is 20.8 Å². The Kier molecular flexibility index (Phi) is 6.68. The smallest absolute Gasteiger partial charge is 0.250 e. The number of aliphatic hydroxyl groups is 1. The van der Waals surface area contributed by atoms with E-state index in [9.17, 15) is 9.59 Å². The van der Waals surface area contributed by atoms with Gasteiger partial charge in [0.2, 0.25) is 11.8 Å². The SMILES string of the molecule is CCN(CC)C(=O)C(C)Nc1cccc(NC(=O)CO)c1. The first-order valence-electron chi connectivity index (χ1n) is 7.07. The molecule has 0 saturated heterocycles. The number of rotatable bonds is 7. The van der Waals surface area contributed by atoms with Crippen LogP contribution in [0, 0.1) is 0 Å². The Labute approximate surface area is 125 Å². The third-order valence-corrected chi connectivity index (χ3v) is 3.12. The summed E-state index contributed by atoms with van der Waals surface area (Å²) in [6, 6.07) is 6.67. The highest BCUT2D eigenvalue weighted by molar-refractivity contribution is 5.92. The fourth-order valence-corrected chi connectivity index (χ4v) is 2.01. The molecular formula is C15H23N3O3. The number of nitrogens with one attached hydrogen (secondary N) is 2. The minimum Gasteiger partial charge on any atom is -0.387 e. The van der Waals surface area contributed by atoms with Crippen molar-refractivity contribution in [3.8, 4) is 0 Å². The number of amides is 2. The van der Waals surface area contributed by atoms with Crippen LogP contribution in [-0.2, 0) is 9.59 Å². The van der Waals surface area contributed by atoms with E-state index in [1.54, 1.807) is 30.0 Å². The first kappa shape index (κ1) is 17.0. The molecule has 0 saturated carbocycles. The summed E-state index contributed by atoms with van der Waals surface area (Å²) in [5.74, 6) is -0.441. The highest BCUT2D eigenvalue weighted by atomic mass is 16.3. The summed E-state index contributed by atoms with van der Waals surface area (Å²) in [6.07, 6.45) is 0. The molecule has 0 heterocycles. The molecule has 0 aliphatic heterocycles. The molecule has 0 fully saturated rings. The monoisotopic (exact) mass is 293 g/mol.